The molecular formula is C14H20BrNO. The third-order valence-corrected chi connectivity index (χ3v) is 3.77. The topological polar surface area (TPSA) is 35.2 Å². The average molecular weight is 298 g/mol. The van der Waals surface area contributed by atoms with Gasteiger partial charge in [0.25, 0.3) is 0 Å². The van der Waals surface area contributed by atoms with Crippen molar-refractivity contribution in [2.24, 2.45) is 5.73 Å². The first kappa shape index (κ1) is 12.9. The predicted octanol–water partition coefficient (Wildman–Crippen LogP) is 3.66. The summed E-state index contributed by atoms with van der Waals surface area (Å²) in [6.45, 7) is 2.02. The van der Waals surface area contributed by atoms with Gasteiger partial charge < -0.3 is 10.5 Å². The molecule has 0 bridgehead atoms. The van der Waals surface area contributed by atoms with Gasteiger partial charge in [-0.05, 0) is 72.7 Å². The minimum Gasteiger partial charge on any atom is -0.489 e. The second kappa shape index (κ2) is 5.87. The molecule has 0 saturated heterocycles. The molecule has 0 aliphatic heterocycles. The number of nitrogens with two attached hydrogens (primary N) is 1. The van der Waals surface area contributed by atoms with E-state index in [0.29, 0.717) is 6.10 Å². The Morgan fingerprint density at radius 2 is 2.12 bits per heavy atom. The van der Waals surface area contributed by atoms with Crippen LogP contribution in [0.15, 0.2) is 22.7 Å². The van der Waals surface area contributed by atoms with Crippen molar-refractivity contribution in [2.75, 3.05) is 0 Å². The van der Waals surface area contributed by atoms with Crippen molar-refractivity contribution in [2.45, 2.75) is 51.2 Å². The zero-order valence-corrected chi connectivity index (χ0v) is 11.9. The molecule has 3 heteroatoms. The number of rotatable bonds is 4. The number of halogens is 1. The maximum absolute atomic E-state index is 5.99. The molecule has 1 aromatic carbocycles. The van der Waals surface area contributed by atoms with E-state index < -0.39 is 0 Å². The van der Waals surface area contributed by atoms with Crippen LogP contribution in [-0.2, 0) is 6.42 Å². The molecule has 2 nitrogen and oxygen atoms in total. The van der Waals surface area contributed by atoms with Crippen LogP contribution in [0.2, 0.25) is 0 Å². The van der Waals surface area contributed by atoms with Gasteiger partial charge in [-0.1, -0.05) is 6.07 Å². The monoisotopic (exact) mass is 297 g/mol. The molecule has 0 heterocycles. The van der Waals surface area contributed by atoms with Gasteiger partial charge in [0.1, 0.15) is 5.75 Å². The van der Waals surface area contributed by atoms with Gasteiger partial charge >= 0.3 is 0 Å². The van der Waals surface area contributed by atoms with Crippen LogP contribution in [0, 0.1) is 0 Å². The fourth-order valence-corrected chi connectivity index (χ4v) is 2.84. The van der Waals surface area contributed by atoms with Crippen LogP contribution in [0.25, 0.3) is 0 Å². The normalized spacial score (nSPS) is 18.3. The minimum atomic E-state index is 0.198. The lowest BCUT2D eigenvalue weighted by atomic mass is 10.1. The third-order valence-electron chi connectivity index (χ3n) is 3.15. The molecule has 0 amide bonds. The van der Waals surface area contributed by atoms with Crippen molar-refractivity contribution in [3.63, 3.8) is 0 Å². The second-order valence-electron chi connectivity index (χ2n) is 4.97. The summed E-state index contributed by atoms with van der Waals surface area (Å²) >= 11 is 3.58. The van der Waals surface area contributed by atoms with E-state index in [-0.39, 0.29) is 6.04 Å². The van der Waals surface area contributed by atoms with E-state index in [1.807, 2.05) is 6.92 Å². The first-order valence-electron chi connectivity index (χ1n) is 6.36. The standard InChI is InChI=1S/C14H20BrNO/c1-10(16)8-11-6-7-14(13(15)9-11)17-12-4-2-3-5-12/h6-7,9-10,12H,2-5,8,16H2,1H3. The summed E-state index contributed by atoms with van der Waals surface area (Å²) in [5, 5.41) is 0. The molecule has 0 spiro atoms. The summed E-state index contributed by atoms with van der Waals surface area (Å²) in [7, 11) is 0. The molecule has 0 aromatic heterocycles. The molecule has 94 valence electrons. The maximum Gasteiger partial charge on any atom is 0.133 e. The van der Waals surface area contributed by atoms with Crippen molar-refractivity contribution in [1.82, 2.24) is 0 Å². The van der Waals surface area contributed by atoms with Crippen LogP contribution in [0.4, 0.5) is 0 Å². The van der Waals surface area contributed by atoms with Crippen LogP contribution < -0.4 is 10.5 Å². The lowest BCUT2D eigenvalue weighted by Crippen LogP contribution is -2.17. The first-order chi connectivity index (χ1) is 8.15. The molecule has 17 heavy (non-hydrogen) atoms. The van der Waals surface area contributed by atoms with E-state index in [4.69, 9.17) is 10.5 Å². The van der Waals surface area contributed by atoms with Crippen LogP contribution >= 0.6 is 15.9 Å². The first-order valence-corrected chi connectivity index (χ1v) is 7.15. The Balaban J connectivity index is 2.03. The maximum atomic E-state index is 5.99. The van der Waals surface area contributed by atoms with Crippen molar-refractivity contribution >= 4 is 15.9 Å². The Morgan fingerprint density at radius 1 is 1.41 bits per heavy atom. The zero-order valence-electron chi connectivity index (χ0n) is 10.3. The van der Waals surface area contributed by atoms with Gasteiger partial charge in [-0.25, -0.2) is 0 Å². The minimum absolute atomic E-state index is 0.198. The van der Waals surface area contributed by atoms with Gasteiger partial charge in [-0.15, -0.1) is 0 Å². The number of ether oxygens (including phenoxy) is 1. The predicted molar refractivity (Wildman–Crippen MR) is 74.4 cm³/mol. The highest BCUT2D eigenvalue weighted by Crippen LogP contribution is 2.30. The van der Waals surface area contributed by atoms with E-state index in [0.717, 1.165) is 16.6 Å². The van der Waals surface area contributed by atoms with E-state index in [2.05, 4.69) is 34.1 Å². The fraction of sp³-hybridized carbons (Fsp3) is 0.571. The Hall–Kier alpha value is -0.540. The van der Waals surface area contributed by atoms with Crippen LogP contribution in [0.1, 0.15) is 38.2 Å². The van der Waals surface area contributed by atoms with Crippen LogP contribution in [0.5, 0.6) is 5.75 Å². The smallest absolute Gasteiger partial charge is 0.133 e. The highest BCUT2D eigenvalue weighted by atomic mass is 79.9. The van der Waals surface area contributed by atoms with E-state index in [9.17, 15) is 0 Å². The Kier molecular flexibility index (Phi) is 4.46. The average Bonchev–Trinajstić information content (AvgIpc) is 2.74. The highest BCUT2D eigenvalue weighted by molar-refractivity contribution is 9.10. The van der Waals surface area contributed by atoms with Gasteiger partial charge in [-0.2, -0.15) is 0 Å². The van der Waals surface area contributed by atoms with Crippen LogP contribution in [0.3, 0.4) is 0 Å². The van der Waals surface area contributed by atoms with Gasteiger partial charge in [-0.3, -0.25) is 0 Å². The lowest BCUT2D eigenvalue weighted by molar-refractivity contribution is 0.208. The molecule has 1 aromatic rings. The van der Waals surface area contributed by atoms with E-state index in [1.165, 1.54) is 31.2 Å². The van der Waals surface area contributed by atoms with Gasteiger partial charge in [0.05, 0.1) is 10.6 Å². The Bertz CT molecular complexity index is 372. The van der Waals surface area contributed by atoms with Crippen LogP contribution in [-0.4, -0.2) is 12.1 Å². The molecule has 1 aliphatic carbocycles. The molecule has 1 aliphatic rings. The number of benzene rings is 1. The molecule has 1 fully saturated rings. The summed E-state index contributed by atoms with van der Waals surface area (Å²) in [5.74, 6) is 0.963. The summed E-state index contributed by atoms with van der Waals surface area (Å²) < 4.78 is 7.03. The molecule has 1 atom stereocenters. The van der Waals surface area contributed by atoms with Crippen molar-refractivity contribution in [1.29, 1.82) is 0 Å². The zero-order chi connectivity index (χ0) is 12.3. The largest absolute Gasteiger partial charge is 0.489 e. The molecule has 1 unspecified atom stereocenters. The number of hydrogen-bond acceptors (Lipinski definition) is 2. The lowest BCUT2D eigenvalue weighted by Gasteiger charge is -2.15. The molecule has 2 rings (SSSR count). The highest BCUT2D eigenvalue weighted by Gasteiger charge is 2.17. The quantitative estimate of drug-likeness (QED) is 0.920. The fourth-order valence-electron chi connectivity index (χ4n) is 2.32. The van der Waals surface area contributed by atoms with E-state index in [1.54, 1.807) is 0 Å². The summed E-state index contributed by atoms with van der Waals surface area (Å²) in [6.07, 6.45) is 6.28. The van der Waals surface area contributed by atoms with Crippen molar-refractivity contribution in [3.8, 4) is 5.75 Å². The molecular weight excluding hydrogens is 278 g/mol. The van der Waals surface area contributed by atoms with Gasteiger partial charge in [0.2, 0.25) is 0 Å². The summed E-state index contributed by atoms with van der Waals surface area (Å²) in [4.78, 5) is 0. The summed E-state index contributed by atoms with van der Waals surface area (Å²) in [6, 6.07) is 6.48. The molecule has 1 saturated carbocycles. The second-order valence-corrected chi connectivity index (χ2v) is 5.82. The SMILES string of the molecule is CC(N)Cc1ccc(OC2CCCC2)c(Br)c1. The Labute approximate surface area is 112 Å². The van der Waals surface area contributed by atoms with Gasteiger partial charge in [0, 0.05) is 6.04 Å². The summed E-state index contributed by atoms with van der Waals surface area (Å²) in [5.41, 5.74) is 7.05. The number of hydrogen-bond donors (Lipinski definition) is 1. The third kappa shape index (κ3) is 3.71. The molecule has 0 radical (unpaired) electrons. The Morgan fingerprint density at radius 3 is 2.71 bits per heavy atom. The van der Waals surface area contributed by atoms with Gasteiger partial charge in [0.15, 0.2) is 0 Å². The molecule has 2 N–H and O–H groups in total. The van der Waals surface area contributed by atoms with E-state index >= 15 is 0 Å². The van der Waals surface area contributed by atoms with Crippen molar-refractivity contribution < 1.29 is 4.74 Å². The van der Waals surface area contributed by atoms with Crippen molar-refractivity contribution in [3.05, 3.63) is 28.2 Å².